The number of likely N-dealkylation sites (N-methyl/N-ethyl adjacent to an activating group) is 1. The lowest BCUT2D eigenvalue weighted by molar-refractivity contribution is 0.0371. The van der Waals surface area contributed by atoms with Crippen LogP contribution in [0.4, 0.5) is 4.79 Å². The molecule has 2 atom stereocenters. The molecule has 0 spiro atoms. The maximum absolute atomic E-state index is 12.5. The molecule has 25 heavy (non-hydrogen) atoms. The summed E-state index contributed by atoms with van der Waals surface area (Å²) in [7, 11) is 5.96. The number of aryl methyl sites for hydroxylation is 1. The molecule has 2 fully saturated rings. The van der Waals surface area contributed by atoms with Crippen molar-refractivity contribution in [3.63, 3.8) is 0 Å². The molecule has 3 heterocycles. The van der Waals surface area contributed by atoms with Gasteiger partial charge in [-0.3, -0.25) is 4.68 Å². The Morgan fingerprint density at radius 2 is 2.16 bits per heavy atom. The van der Waals surface area contributed by atoms with E-state index in [4.69, 9.17) is 4.74 Å². The summed E-state index contributed by atoms with van der Waals surface area (Å²) in [6, 6.07) is 0.170. The maximum atomic E-state index is 12.5. The predicted molar refractivity (Wildman–Crippen MR) is 96.3 cm³/mol. The van der Waals surface area contributed by atoms with Gasteiger partial charge in [0.05, 0.1) is 18.3 Å². The van der Waals surface area contributed by atoms with Crippen LogP contribution in [0.5, 0.6) is 0 Å². The lowest BCUT2D eigenvalue weighted by Crippen LogP contribution is -2.47. The van der Waals surface area contributed by atoms with Crippen molar-refractivity contribution in [2.24, 2.45) is 13.0 Å². The molecule has 2 aliphatic heterocycles. The van der Waals surface area contributed by atoms with E-state index in [1.807, 2.05) is 38.4 Å². The topological polar surface area (TPSA) is 62.6 Å². The van der Waals surface area contributed by atoms with E-state index < -0.39 is 0 Å². The second-order valence-electron chi connectivity index (χ2n) is 7.49. The molecule has 1 N–H and O–H groups in total. The van der Waals surface area contributed by atoms with Gasteiger partial charge in [-0.2, -0.15) is 5.10 Å². The fourth-order valence-corrected chi connectivity index (χ4v) is 3.96. The quantitative estimate of drug-likeness (QED) is 0.877. The second-order valence-corrected chi connectivity index (χ2v) is 7.49. The van der Waals surface area contributed by atoms with Gasteiger partial charge in [0.15, 0.2) is 0 Å². The second kappa shape index (κ2) is 8.19. The van der Waals surface area contributed by atoms with Gasteiger partial charge in [0, 0.05) is 45.0 Å². The summed E-state index contributed by atoms with van der Waals surface area (Å²) in [4.78, 5) is 16.6. The van der Waals surface area contributed by atoms with Gasteiger partial charge < -0.3 is 19.9 Å². The van der Waals surface area contributed by atoms with Crippen LogP contribution in [0.15, 0.2) is 12.4 Å². The average Bonchev–Trinajstić information content (AvgIpc) is 3.27. The van der Waals surface area contributed by atoms with E-state index in [2.05, 4.69) is 15.3 Å². The standard InChI is InChI=1S/C18H31N5O2/c1-21(2)16(15-11-20-22(3)13-15)12-19-18(24)23-8-6-14(7-9-23)17-5-4-10-25-17/h11,13-14,16-17H,4-10,12H2,1-3H3,(H,19,24)/t16-,17+/m0/s1. The number of nitrogens with one attached hydrogen (secondary N) is 1. The minimum absolute atomic E-state index is 0.0431. The van der Waals surface area contributed by atoms with Crippen molar-refractivity contribution in [2.75, 3.05) is 40.3 Å². The Balaban J connectivity index is 1.47. The van der Waals surface area contributed by atoms with Crippen LogP contribution in [-0.2, 0) is 11.8 Å². The van der Waals surface area contributed by atoms with Crippen molar-refractivity contribution in [2.45, 2.75) is 37.8 Å². The molecule has 7 nitrogen and oxygen atoms in total. The number of urea groups is 1. The van der Waals surface area contributed by atoms with E-state index in [9.17, 15) is 4.79 Å². The molecule has 0 aromatic carbocycles. The monoisotopic (exact) mass is 349 g/mol. The number of ether oxygens (including phenoxy) is 1. The van der Waals surface area contributed by atoms with E-state index in [0.29, 0.717) is 18.6 Å². The molecule has 2 saturated heterocycles. The van der Waals surface area contributed by atoms with Crippen LogP contribution >= 0.6 is 0 Å². The smallest absolute Gasteiger partial charge is 0.317 e. The van der Waals surface area contributed by atoms with E-state index in [-0.39, 0.29) is 12.1 Å². The van der Waals surface area contributed by atoms with Crippen LogP contribution in [0.1, 0.15) is 37.3 Å². The number of carbonyl (C=O) groups is 1. The predicted octanol–water partition coefficient (Wildman–Crippen LogP) is 1.62. The molecule has 1 aromatic heterocycles. The van der Waals surface area contributed by atoms with E-state index in [0.717, 1.165) is 38.1 Å². The highest BCUT2D eigenvalue weighted by Gasteiger charge is 2.31. The molecule has 0 aliphatic carbocycles. The van der Waals surface area contributed by atoms with Crippen LogP contribution in [0.25, 0.3) is 0 Å². The van der Waals surface area contributed by atoms with Gasteiger partial charge in [0.25, 0.3) is 0 Å². The highest BCUT2D eigenvalue weighted by atomic mass is 16.5. The Bertz CT molecular complexity index is 560. The van der Waals surface area contributed by atoms with Crippen molar-refractivity contribution in [1.82, 2.24) is 24.9 Å². The summed E-state index contributed by atoms with van der Waals surface area (Å²) in [5, 5.41) is 7.34. The van der Waals surface area contributed by atoms with Crippen molar-refractivity contribution in [1.29, 1.82) is 0 Å². The third-order valence-electron chi connectivity index (χ3n) is 5.50. The summed E-state index contributed by atoms with van der Waals surface area (Å²) in [6.07, 6.45) is 8.77. The van der Waals surface area contributed by atoms with Crippen LogP contribution < -0.4 is 5.32 Å². The van der Waals surface area contributed by atoms with Gasteiger partial charge in [-0.15, -0.1) is 0 Å². The lowest BCUT2D eigenvalue weighted by Gasteiger charge is -2.35. The zero-order valence-corrected chi connectivity index (χ0v) is 15.6. The number of hydrogen-bond donors (Lipinski definition) is 1. The van der Waals surface area contributed by atoms with Crippen LogP contribution in [0.2, 0.25) is 0 Å². The molecule has 2 amide bonds. The summed E-state index contributed by atoms with van der Waals surface area (Å²) in [5.74, 6) is 0.622. The van der Waals surface area contributed by atoms with Gasteiger partial charge in [0.2, 0.25) is 0 Å². The van der Waals surface area contributed by atoms with Gasteiger partial charge >= 0.3 is 6.03 Å². The van der Waals surface area contributed by atoms with Crippen LogP contribution in [-0.4, -0.2) is 72.1 Å². The first kappa shape index (κ1) is 18.2. The number of nitrogens with zero attached hydrogens (tertiary/aromatic N) is 4. The zero-order valence-electron chi connectivity index (χ0n) is 15.6. The van der Waals surface area contributed by atoms with Crippen molar-refractivity contribution in [3.8, 4) is 0 Å². The highest BCUT2D eigenvalue weighted by molar-refractivity contribution is 5.74. The maximum Gasteiger partial charge on any atom is 0.317 e. The zero-order chi connectivity index (χ0) is 17.8. The number of hydrogen-bond acceptors (Lipinski definition) is 4. The highest BCUT2D eigenvalue weighted by Crippen LogP contribution is 2.28. The van der Waals surface area contributed by atoms with Gasteiger partial charge in [0.1, 0.15) is 0 Å². The largest absolute Gasteiger partial charge is 0.378 e. The average molecular weight is 349 g/mol. The van der Waals surface area contributed by atoms with Gasteiger partial charge in [-0.1, -0.05) is 0 Å². The van der Waals surface area contributed by atoms with Crippen molar-refractivity contribution < 1.29 is 9.53 Å². The summed E-state index contributed by atoms with van der Waals surface area (Å²) < 4.78 is 7.61. The SMILES string of the molecule is CN(C)[C@@H](CNC(=O)N1CCC([C@H]2CCCO2)CC1)c1cnn(C)c1. The van der Waals surface area contributed by atoms with Crippen molar-refractivity contribution >= 4 is 6.03 Å². The van der Waals surface area contributed by atoms with Gasteiger partial charge in [-0.05, 0) is 45.7 Å². The minimum atomic E-state index is 0.0431. The molecular formula is C18H31N5O2. The molecule has 0 bridgehead atoms. The molecule has 3 rings (SSSR count). The third kappa shape index (κ3) is 4.52. The molecule has 7 heteroatoms. The molecule has 2 aliphatic rings. The number of aromatic nitrogens is 2. The number of likely N-dealkylation sites (tertiary alicyclic amines) is 1. The third-order valence-corrected chi connectivity index (χ3v) is 5.50. The molecule has 0 unspecified atom stereocenters. The number of rotatable bonds is 5. The van der Waals surface area contributed by atoms with Crippen molar-refractivity contribution in [3.05, 3.63) is 18.0 Å². The Morgan fingerprint density at radius 1 is 1.40 bits per heavy atom. The first-order chi connectivity index (χ1) is 12.0. The molecule has 140 valence electrons. The van der Waals surface area contributed by atoms with Crippen LogP contribution in [0, 0.1) is 5.92 Å². The number of amides is 2. The Kier molecular flexibility index (Phi) is 5.96. The fourth-order valence-electron chi connectivity index (χ4n) is 3.96. The van der Waals surface area contributed by atoms with Gasteiger partial charge in [-0.25, -0.2) is 4.79 Å². The molecule has 1 aromatic rings. The first-order valence-corrected chi connectivity index (χ1v) is 9.34. The minimum Gasteiger partial charge on any atom is -0.378 e. The lowest BCUT2D eigenvalue weighted by atomic mass is 9.90. The summed E-state index contributed by atoms with van der Waals surface area (Å²) >= 11 is 0. The Labute approximate surface area is 150 Å². The first-order valence-electron chi connectivity index (χ1n) is 9.34. The summed E-state index contributed by atoms with van der Waals surface area (Å²) in [5.41, 5.74) is 1.12. The Hall–Kier alpha value is -1.60. The van der Waals surface area contributed by atoms with E-state index in [1.54, 1.807) is 4.68 Å². The fraction of sp³-hybridized carbons (Fsp3) is 0.778. The normalized spacial score (nSPS) is 23.2. The van der Waals surface area contributed by atoms with Crippen LogP contribution in [0.3, 0.4) is 0 Å². The number of piperidine rings is 1. The molecule has 0 radical (unpaired) electrons. The van der Waals surface area contributed by atoms with E-state index >= 15 is 0 Å². The Morgan fingerprint density at radius 3 is 2.72 bits per heavy atom. The molecule has 0 saturated carbocycles. The molecular weight excluding hydrogens is 318 g/mol. The van der Waals surface area contributed by atoms with E-state index in [1.165, 1.54) is 12.8 Å². The summed E-state index contributed by atoms with van der Waals surface area (Å²) in [6.45, 7) is 3.15. The number of carbonyl (C=O) groups excluding carboxylic acids is 1.